The summed E-state index contributed by atoms with van der Waals surface area (Å²) >= 11 is 0. The van der Waals surface area contributed by atoms with Crippen molar-refractivity contribution >= 4 is 11.4 Å². The molecule has 24 heavy (non-hydrogen) atoms. The molecule has 3 aliphatic heterocycles. The first-order valence-corrected chi connectivity index (χ1v) is 10.1. The molecule has 3 heteroatoms. The summed E-state index contributed by atoms with van der Waals surface area (Å²) < 4.78 is 0. The van der Waals surface area contributed by atoms with Crippen molar-refractivity contribution in [3.05, 3.63) is 23.8 Å². The molecule has 1 aliphatic carbocycles. The van der Waals surface area contributed by atoms with Crippen molar-refractivity contribution in [2.75, 3.05) is 49.6 Å². The highest BCUT2D eigenvalue weighted by molar-refractivity contribution is 5.80. The van der Waals surface area contributed by atoms with E-state index in [1.165, 1.54) is 76.9 Å². The Morgan fingerprint density at radius 3 is 2.75 bits per heavy atom. The predicted molar refractivity (Wildman–Crippen MR) is 101 cm³/mol. The van der Waals surface area contributed by atoms with Crippen molar-refractivity contribution in [3.63, 3.8) is 0 Å². The van der Waals surface area contributed by atoms with Crippen molar-refractivity contribution in [2.45, 2.75) is 50.5 Å². The number of likely N-dealkylation sites (N-methyl/N-ethyl adjacent to an activating group) is 1. The Morgan fingerprint density at radius 2 is 1.88 bits per heavy atom. The average Bonchev–Trinajstić information content (AvgIpc) is 2.94. The van der Waals surface area contributed by atoms with Gasteiger partial charge in [-0.1, -0.05) is 31.4 Å². The summed E-state index contributed by atoms with van der Waals surface area (Å²) in [7, 11) is 2.25. The lowest BCUT2D eigenvalue weighted by atomic mass is 9.86. The van der Waals surface area contributed by atoms with Crippen LogP contribution in [0.1, 0.15) is 50.0 Å². The number of rotatable bonds is 2. The van der Waals surface area contributed by atoms with Gasteiger partial charge in [0.05, 0.1) is 11.4 Å². The molecule has 1 aromatic carbocycles. The van der Waals surface area contributed by atoms with Gasteiger partial charge in [0.25, 0.3) is 0 Å². The van der Waals surface area contributed by atoms with Crippen LogP contribution in [-0.4, -0.2) is 50.7 Å². The van der Waals surface area contributed by atoms with Crippen molar-refractivity contribution in [2.24, 2.45) is 5.92 Å². The molecule has 130 valence electrons. The van der Waals surface area contributed by atoms with Gasteiger partial charge >= 0.3 is 0 Å². The van der Waals surface area contributed by atoms with Gasteiger partial charge in [-0.05, 0) is 36.8 Å². The molecular weight excluding hydrogens is 294 g/mol. The Hall–Kier alpha value is -1.22. The van der Waals surface area contributed by atoms with Crippen molar-refractivity contribution in [1.29, 1.82) is 0 Å². The first-order chi connectivity index (χ1) is 11.8. The van der Waals surface area contributed by atoms with Crippen LogP contribution in [-0.2, 0) is 0 Å². The summed E-state index contributed by atoms with van der Waals surface area (Å²) in [5, 5.41) is 0. The normalized spacial score (nSPS) is 30.4. The first-order valence-electron chi connectivity index (χ1n) is 10.1. The van der Waals surface area contributed by atoms with E-state index >= 15 is 0 Å². The smallest absolute Gasteiger partial charge is 0.0644 e. The molecule has 3 nitrogen and oxygen atoms in total. The van der Waals surface area contributed by atoms with Crippen LogP contribution in [0.5, 0.6) is 0 Å². The van der Waals surface area contributed by atoms with Gasteiger partial charge in [0.2, 0.25) is 0 Å². The van der Waals surface area contributed by atoms with Gasteiger partial charge in [-0.25, -0.2) is 0 Å². The number of nitrogens with zero attached hydrogens (tertiary/aromatic N) is 3. The number of anilines is 2. The van der Waals surface area contributed by atoms with E-state index in [-0.39, 0.29) is 0 Å². The van der Waals surface area contributed by atoms with E-state index in [2.05, 4.69) is 39.9 Å². The molecule has 4 aliphatic rings. The SMILES string of the molecule is CN1CCN2c3c(cccc31)[C@@H]1CN(CC3CCCCC3)CC[C@@H]12. The summed E-state index contributed by atoms with van der Waals surface area (Å²) in [5.74, 6) is 1.71. The number of likely N-dealkylation sites (tertiary alicyclic amines) is 1. The first kappa shape index (κ1) is 15.1. The Bertz CT molecular complexity index is 607. The Balaban J connectivity index is 1.38. The lowest BCUT2D eigenvalue weighted by Gasteiger charge is -2.42. The molecule has 0 unspecified atom stereocenters. The maximum atomic E-state index is 2.80. The third-order valence-electron chi connectivity index (χ3n) is 7.12. The van der Waals surface area contributed by atoms with E-state index in [4.69, 9.17) is 0 Å². The van der Waals surface area contributed by atoms with E-state index in [0.29, 0.717) is 0 Å². The highest BCUT2D eigenvalue weighted by Crippen LogP contribution is 2.50. The van der Waals surface area contributed by atoms with Gasteiger partial charge in [-0.3, -0.25) is 0 Å². The highest BCUT2D eigenvalue weighted by Gasteiger charge is 2.44. The second-order valence-corrected chi connectivity index (χ2v) is 8.56. The molecule has 2 fully saturated rings. The third-order valence-corrected chi connectivity index (χ3v) is 7.12. The minimum absolute atomic E-state index is 0.740. The minimum atomic E-state index is 0.740. The van der Waals surface area contributed by atoms with Gasteiger partial charge < -0.3 is 14.7 Å². The lowest BCUT2D eigenvalue weighted by molar-refractivity contribution is 0.151. The molecule has 0 aromatic heterocycles. The zero-order valence-electron chi connectivity index (χ0n) is 15.1. The van der Waals surface area contributed by atoms with Crippen molar-refractivity contribution < 1.29 is 0 Å². The zero-order valence-corrected chi connectivity index (χ0v) is 15.1. The molecule has 1 saturated heterocycles. The van der Waals surface area contributed by atoms with E-state index in [9.17, 15) is 0 Å². The van der Waals surface area contributed by atoms with Crippen LogP contribution in [0.25, 0.3) is 0 Å². The standard InChI is InChI=1S/C21H31N3/c1-22-12-13-24-19-10-11-23(14-16-6-3-2-4-7-16)15-18(19)17-8-5-9-20(22)21(17)24/h5,8-9,16,18-19H,2-4,6-7,10-15H2,1H3/t18-,19-/m0/s1. The molecule has 3 heterocycles. The molecule has 1 saturated carbocycles. The fourth-order valence-corrected chi connectivity index (χ4v) is 5.88. The van der Waals surface area contributed by atoms with Gasteiger partial charge in [0.1, 0.15) is 0 Å². The summed E-state index contributed by atoms with van der Waals surface area (Å²) in [6.07, 6.45) is 8.72. The van der Waals surface area contributed by atoms with Crippen LogP contribution in [0.15, 0.2) is 18.2 Å². The van der Waals surface area contributed by atoms with Crippen LogP contribution < -0.4 is 9.80 Å². The fourth-order valence-electron chi connectivity index (χ4n) is 5.88. The van der Waals surface area contributed by atoms with E-state index in [0.717, 1.165) is 17.9 Å². The summed E-state index contributed by atoms with van der Waals surface area (Å²) in [4.78, 5) is 8.01. The fraction of sp³-hybridized carbons (Fsp3) is 0.714. The maximum absolute atomic E-state index is 2.80. The monoisotopic (exact) mass is 325 g/mol. The highest BCUT2D eigenvalue weighted by atomic mass is 15.3. The minimum Gasteiger partial charge on any atom is -0.371 e. The topological polar surface area (TPSA) is 9.72 Å². The molecule has 0 amide bonds. The number of hydrogen-bond acceptors (Lipinski definition) is 3. The number of fused-ring (bicyclic) bond motifs is 3. The maximum Gasteiger partial charge on any atom is 0.0644 e. The van der Waals surface area contributed by atoms with Crippen LogP contribution in [0.4, 0.5) is 11.4 Å². The van der Waals surface area contributed by atoms with E-state index in [1.807, 2.05) is 0 Å². The second kappa shape index (κ2) is 5.94. The number of benzene rings is 1. The van der Waals surface area contributed by atoms with Crippen LogP contribution in [0.3, 0.4) is 0 Å². The van der Waals surface area contributed by atoms with E-state index < -0.39 is 0 Å². The molecule has 5 rings (SSSR count). The lowest BCUT2D eigenvalue weighted by Crippen LogP contribution is -2.50. The van der Waals surface area contributed by atoms with Crippen molar-refractivity contribution in [3.8, 4) is 0 Å². The van der Waals surface area contributed by atoms with Crippen LogP contribution >= 0.6 is 0 Å². The Kier molecular flexibility index (Phi) is 3.73. The summed E-state index contributed by atoms with van der Waals surface area (Å²) in [6.45, 7) is 6.35. The number of para-hydroxylation sites is 1. The molecule has 1 aromatic rings. The second-order valence-electron chi connectivity index (χ2n) is 8.56. The van der Waals surface area contributed by atoms with Gasteiger partial charge in [0, 0.05) is 51.7 Å². The summed E-state index contributed by atoms with van der Waals surface area (Å²) in [6, 6.07) is 7.79. The quantitative estimate of drug-likeness (QED) is 0.821. The molecule has 0 bridgehead atoms. The Labute approximate surface area is 146 Å². The molecular formula is C21H31N3. The molecule has 0 N–H and O–H groups in total. The van der Waals surface area contributed by atoms with Crippen LogP contribution in [0.2, 0.25) is 0 Å². The van der Waals surface area contributed by atoms with Gasteiger partial charge in [-0.2, -0.15) is 0 Å². The van der Waals surface area contributed by atoms with Crippen LogP contribution in [0, 0.1) is 5.92 Å². The van der Waals surface area contributed by atoms with Gasteiger partial charge in [-0.15, -0.1) is 0 Å². The van der Waals surface area contributed by atoms with Gasteiger partial charge in [0.15, 0.2) is 0 Å². The third kappa shape index (κ3) is 2.35. The average molecular weight is 326 g/mol. The van der Waals surface area contributed by atoms with E-state index in [1.54, 1.807) is 11.3 Å². The number of hydrogen-bond donors (Lipinski definition) is 0. The molecule has 0 radical (unpaired) electrons. The predicted octanol–water partition coefficient (Wildman–Crippen LogP) is 3.69. The zero-order chi connectivity index (χ0) is 16.1. The Morgan fingerprint density at radius 1 is 1.00 bits per heavy atom. The van der Waals surface area contributed by atoms with Crippen molar-refractivity contribution in [1.82, 2.24) is 4.90 Å². The summed E-state index contributed by atoms with van der Waals surface area (Å²) in [5.41, 5.74) is 4.67. The largest absolute Gasteiger partial charge is 0.371 e. The molecule has 0 spiro atoms. The number of piperidine rings is 1. The molecule has 2 atom stereocenters.